The van der Waals surface area contributed by atoms with Crippen molar-refractivity contribution in [2.45, 2.75) is 19.3 Å². The Morgan fingerprint density at radius 2 is 2.25 bits per heavy atom. The molecule has 2 heterocycles. The van der Waals surface area contributed by atoms with Gasteiger partial charge in [0.1, 0.15) is 0 Å². The van der Waals surface area contributed by atoms with Crippen molar-refractivity contribution in [3.05, 3.63) is 28.2 Å². The zero-order valence-electron chi connectivity index (χ0n) is 10.7. The first-order valence-electron chi connectivity index (χ1n) is 6.11. The standard InChI is InChI=1S/C13H11BrFN3O2/c1-19-12-9(14)8(5-6-16-12)11-17-13(20-18-11)10(15)7-3-2-4-7/h5-6H,2-4H2,1H3. The lowest BCUT2D eigenvalue weighted by Gasteiger charge is -2.15. The van der Waals surface area contributed by atoms with Crippen molar-refractivity contribution in [3.63, 3.8) is 0 Å². The fourth-order valence-corrected chi connectivity index (χ4v) is 2.46. The average molecular weight is 340 g/mol. The van der Waals surface area contributed by atoms with E-state index in [1.54, 1.807) is 12.3 Å². The van der Waals surface area contributed by atoms with Crippen LogP contribution in [0.25, 0.3) is 17.2 Å². The van der Waals surface area contributed by atoms with E-state index < -0.39 is 5.83 Å². The van der Waals surface area contributed by atoms with Crippen molar-refractivity contribution >= 4 is 21.8 Å². The lowest BCUT2D eigenvalue weighted by molar-refractivity contribution is 0.393. The van der Waals surface area contributed by atoms with Crippen LogP contribution < -0.4 is 4.74 Å². The smallest absolute Gasteiger partial charge is 0.286 e. The van der Waals surface area contributed by atoms with Crippen LogP contribution in [0.1, 0.15) is 25.2 Å². The van der Waals surface area contributed by atoms with Crippen LogP contribution in [-0.4, -0.2) is 22.2 Å². The monoisotopic (exact) mass is 339 g/mol. The molecule has 0 radical (unpaired) electrons. The third kappa shape index (κ3) is 2.22. The normalized spacial score (nSPS) is 14.1. The summed E-state index contributed by atoms with van der Waals surface area (Å²) in [4.78, 5) is 8.13. The van der Waals surface area contributed by atoms with Crippen LogP contribution in [-0.2, 0) is 0 Å². The number of ether oxygens (including phenoxy) is 1. The summed E-state index contributed by atoms with van der Waals surface area (Å²) >= 11 is 3.36. The molecule has 1 aliphatic rings. The molecule has 0 unspecified atom stereocenters. The maximum absolute atomic E-state index is 14.0. The SMILES string of the molecule is COc1nccc(-c2noc(C(F)=C3CCC3)n2)c1Br. The molecule has 0 atom stereocenters. The predicted molar refractivity (Wildman–Crippen MR) is 73.7 cm³/mol. The first kappa shape index (κ1) is 13.2. The molecule has 1 fully saturated rings. The minimum Gasteiger partial charge on any atom is -0.480 e. The molecule has 0 saturated heterocycles. The quantitative estimate of drug-likeness (QED) is 0.851. The van der Waals surface area contributed by atoms with Gasteiger partial charge < -0.3 is 9.26 Å². The largest absolute Gasteiger partial charge is 0.480 e. The molecule has 0 bridgehead atoms. The predicted octanol–water partition coefficient (Wildman–Crippen LogP) is 3.77. The highest BCUT2D eigenvalue weighted by Gasteiger charge is 2.22. The highest BCUT2D eigenvalue weighted by molar-refractivity contribution is 9.10. The van der Waals surface area contributed by atoms with E-state index in [0.29, 0.717) is 21.7 Å². The van der Waals surface area contributed by atoms with Gasteiger partial charge in [0.15, 0.2) is 5.83 Å². The van der Waals surface area contributed by atoms with E-state index >= 15 is 0 Å². The van der Waals surface area contributed by atoms with E-state index in [1.807, 2.05) is 0 Å². The number of hydrogen-bond donors (Lipinski definition) is 0. The second kappa shape index (κ2) is 5.32. The number of nitrogens with zero attached hydrogens (tertiary/aromatic N) is 3. The van der Waals surface area contributed by atoms with Crippen LogP contribution in [0.5, 0.6) is 5.88 Å². The van der Waals surface area contributed by atoms with Gasteiger partial charge in [0.25, 0.3) is 5.89 Å². The van der Waals surface area contributed by atoms with E-state index in [1.165, 1.54) is 7.11 Å². The fourth-order valence-electron chi connectivity index (χ4n) is 1.89. The highest BCUT2D eigenvalue weighted by atomic mass is 79.9. The van der Waals surface area contributed by atoms with Crippen LogP contribution in [0.3, 0.4) is 0 Å². The highest BCUT2D eigenvalue weighted by Crippen LogP contribution is 2.36. The molecular formula is C13H11BrFN3O2. The van der Waals surface area contributed by atoms with Gasteiger partial charge in [-0.15, -0.1) is 0 Å². The molecular weight excluding hydrogens is 329 g/mol. The molecule has 2 aromatic heterocycles. The summed E-state index contributed by atoms with van der Waals surface area (Å²) in [6.45, 7) is 0. The van der Waals surface area contributed by atoms with Crippen molar-refractivity contribution in [3.8, 4) is 17.3 Å². The number of rotatable bonds is 3. The van der Waals surface area contributed by atoms with Gasteiger partial charge in [-0.2, -0.15) is 4.98 Å². The van der Waals surface area contributed by atoms with Gasteiger partial charge in [-0.1, -0.05) is 5.16 Å². The van der Waals surface area contributed by atoms with Gasteiger partial charge in [-0.25, -0.2) is 9.37 Å². The lowest BCUT2D eigenvalue weighted by atomic mass is 9.91. The molecule has 1 aliphatic carbocycles. The van der Waals surface area contributed by atoms with E-state index in [9.17, 15) is 4.39 Å². The second-order valence-electron chi connectivity index (χ2n) is 4.38. The Balaban J connectivity index is 1.98. The number of pyridine rings is 1. The van der Waals surface area contributed by atoms with Gasteiger partial charge >= 0.3 is 0 Å². The first-order chi connectivity index (χ1) is 9.70. The third-order valence-electron chi connectivity index (χ3n) is 3.17. The van der Waals surface area contributed by atoms with Crippen LogP contribution in [0.4, 0.5) is 4.39 Å². The molecule has 104 valence electrons. The molecule has 0 spiro atoms. The lowest BCUT2D eigenvalue weighted by Crippen LogP contribution is -1.99. The summed E-state index contributed by atoms with van der Waals surface area (Å²) < 4.78 is 24.7. The zero-order valence-corrected chi connectivity index (χ0v) is 12.3. The molecule has 0 N–H and O–H groups in total. The third-order valence-corrected chi connectivity index (χ3v) is 3.94. The summed E-state index contributed by atoms with van der Waals surface area (Å²) in [7, 11) is 1.51. The second-order valence-corrected chi connectivity index (χ2v) is 5.17. The maximum Gasteiger partial charge on any atom is 0.286 e. The Bertz CT molecular complexity index is 678. The van der Waals surface area contributed by atoms with Crippen molar-refractivity contribution in [1.82, 2.24) is 15.1 Å². The molecule has 3 rings (SSSR count). The first-order valence-corrected chi connectivity index (χ1v) is 6.90. The Morgan fingerprint density at radius 1 is 1.45 bits per heavy atom. The van der Waals surface area contributed by atoms with Crippen LogP contribution in [0, 0.1) is 0 Å². The Labute approximate surface area is 123 Å². The summed E-state index contributed by atoms with van der Waals surface area (Å²) in [5, 5.41) is 3.81. The van der Waals surface area contributed by atoms with E-state index in [2.05, 4.69) is 31.1 Å². The van der Waals surface area contributed by atoms with Crippen molar-refractivity contribution < 1.29 is 13.7 Å². The van der Waals surface area contributed by atoms with E-state index in [4.69, 9.17) is 9.26 Å². The number of allylic oxidation sites excluding steroid dienone is 1. The summed E-state index contributed by atoms with van der Waals surface area (Å²) in [5.41, 5.74) is 1.38. The number of hydrogen-bond acceptors (Lipinski definition) is 5. The molecule has 0 amide bonds. The van der Waals surface area contributed by atoms with E-state index in [0.717, 1.165) is 24.8 Å². The molecule has 0 aliphatic heterocycles. The Kier molecular flexibility index (Phi) is 3.52. The average Bonchev–Trinajstić information content (AvgIpc) is 2.86. The maximum atomic E-state index is 14.0. The molecule has 1 saturated carbocycles. The zero-order chi connectivity index (χ0) is 14.1. The minimum absolute atomic E-state index is 0.0719. The summed E-state index contributed by atoms with van der Waals surface area (Å²) in [5.74, 6) is 0.235. The number of methoxy groups -OCH3 is 1. The van der Waals surface area contributed by atoms with Gasteiger partial charge in [0.05, 0.1) is 11.6 Å². The molecule has 5 nitrogen and oxygen atoms in total. The molecule has 7 heteroatoms. The number of aromatic nitrogens is 3. The Hall–Kier alpha value is -1.76. The molecule has 0 aromatic carbocycles. The molecule has 2 aromatic rings. The van der Waals surface area contributed by atoms with Gasteiger partial charge in [0.2, 0.25) is 11.7 Å². The van der Waals surface area contributed by atoms with Crippen LogP contribution in [0.2, 0.25) is 0 Å². The van der Waals surface area contributed by atoms with Crippen molar-refractivity contribution in [1.29, 1.82) is 0 Å². The summed E-state index contributed by atoms with van der Waals surface area (Å²) in [6, 6.07) is 1.70. The van der Waals surface area contributed by atoms with Crippen LogP contribution in [0.15, 0.2) is 26.8 Å². The summed E-state index contributed by atoms with van der Waals surface area (Å²) in [6.07, 6.45) is 4.10. The fraction of sp³-hybridized carbons (Fsp3) is 0.308. The van der Waals surface area contributed by atoms with Gasteiger partial charge in [0, 0.05) is 11.8 Å². The van der Waals surface area contributed by atoms with Gasteiger partial charge in [-0.3, -0.25) is 0 Å². The van der Waals surface area contributed by atoms with Gasteiger partial charge in [-0.05, 0) is 46.8 Å². The molecule has 20 heavy (non-hydrogen) atoms. The number of halogens is 2. The minimum atomic E-state index is -0.396. The van der Waals surface area contributed by atoms with Crippen molar-refractivity contribution in [2.24, 2.45) is 0 Å². The Morgan fingerprint density at radius 3 is 2.90 bits per heavy atom. The van der Waals surface area contributed by atoms with E-state index in [-0.39, 0.29) is 5.89 Å². The van der Waals surface area contributed by atoms with Crippen molar-refractivity contribution in [2.75, 3.05) is 7.11 Å². The van der Waals surface area contributed by atoms with Crippen LogP contribution >= 0.6 is 15.9 Å². The topological polar surface area (TPSA) is 61.0 Å².